The van der Waals surface area contributed by atoms with Crippen LogP contribution in [0.4, 0.5) is 5.69 Å². The molecular weight excluding hydrogens is 412 g/mol. The van der Waals surface area contributed by atoms with Crippen molar-refractivity contribution in [1.29, 1.82) is 0 Å². The molecule has 7 nitrogen and oxygen atoms in total. The molecule has 0 radical (unpaired) electrons. The number of aromatic nitrogens is 2. The fraction of sp³-hybridized carbons (Fsp3) is 0.304. The molecule has 1 aromatic heterocycles. The second kappa shape index (κ2) is 10.2. The molecule has 1 saturated heterocycles. The molecule has 0 bridgehead atoms. The van der Waals surface area contributed by atoms with E-state index in [1.807, 2.05) is 60.0 Å². The normalized spacial score (nSPS) is 16.0. The van der Waals surface area contributed by atoms with Crippen molar-refractivity contribution in [2.24, 2.45) is 5.92 Å². The van der Waals surface area contributed by atoms with E-state index in [1.54, 1.807) is 4.90 Å². The van der Waals surface area contributed by atoms with Gasteiger partial charge >= 0.3 is 0 Å². The Morgan fingerprint density at radius 1 is 1.13 bits per heavy atom. The summed E-state index contributed by atoms with van der Waals surface area (Å²) in [5, 5.41) is 8.90. The first-order valence-corrected chi connectivity index (χ1v) is 11.2. The standard InChI is InChI=1S/C23H24N4O3S/c28-22(12-14-30-20-6-2-1-3-7-20)27-13-4-5-18(15-27)23(29)24-19-10-8-17(9-11-19)21-16-31-26-25-21/h1-3,6-11,16,18H,4-5,12-15H2,(H,24,29). The summed E-state index contributed by atoms with van der Waals surface area (Å²) in [4.78, 5) is 27.1. The minimum Gasteiger partial charge on any atom is -0.493 e. The third kappa shape index (κ3) is 5.67. The first kappa shape index (κ1) is 21.0. The topological polar surface area (TPSA) is 84.4 Å². The van der Waals surface area contributed by atoms with E-state index in [0.29, 0.717) is 26.1 Å². The number of carbonyl (C=O) groups is 2. The van der Waals surface area contributed by atoms with Gasteiger partial charge in [0, 0.05) is 29.7 Å². The molecule has 1 atom stereocenters. The lowest BCUT2D eigenvalue weighted by Gasteiger charge is -2.32. The van der Waals surface area contributed by atoms with Crippen LogP contribution in [0.5, 0.6) is 5.75 Å². The highest BCUT2D eigenvalue weighted by Crippen LogP contribution is 2.22. The zero-order valence-electron chi connectivity index (χ0n) is 17.1. The van der Waals surface area contributed by atoms with Crippen molar-refractivity contribution in [2.45, 2.75) is 19.3 Å². The maximum absolute atomic E-state index is 12.8. The molecule has 0 spiro atoms. The van der Waals surface area contributed by atoms with E-state index in [-0.39, 0.29) is 17.7 Å². The average Bonchev–Trinajstić information content (AvgIpc) is 3.35. The molecule has 160 valence electrons. The van der Waals surface area contributed by atoms with Crippen molar-refractivity contribution in [2.75, 3.05) is 25.0 Å². The predicted molar refractivity (Wildman–Crippen MR) is 120 cm³/mol. The molecule has 3 aromatic rings. The highest BCUT2D eigenvalue weighted by atomic mass is 32.1. The Balaban J connectivity index is 1.26. The highest BCUT2D eigenvalue weighted by Gasteiger charge is 2.28. The molecule has 2 amide bonds. The second-order valence-electron chi connectivity index (χ2n) is 7.45. The fourth-order valence-corrected chi connectivity index (χ4v) is 4.07. The smallest absolute Gasteiger partial charge is 0.229 e. The van der Waals surface area contributed by atoms with Crippen LogP contribution in [-0.2, 0) is 9.59 Å². The van der Waals surface area contributed by atoms with Crippen LogP contribution in [-0.4, -0.2) is 46.0 Å². The lowest BCUT2D eigenvalue weighted by Crippen LogP contribution is -2.44. The van der Waals surface area contributed by atoms with Crippen LogP contribution in [0, 0.1) is 5.92 Å². The van der Waals surface area contributed by atoms with Crippen LogP contribution >= 0.6 is 11.5 Å². The summed E-state index contributed by atoms with van der Waals surface area (Å²) < 4.78 is 9.49. The van der Waals surface area contributed by atoms with Gasteiger partial charge in [-0.2, -0.15) is 0 Å². The zero-order chi connectivity index (χ0) is 21.5. The van der Waals surface area contributed by atoms with E-state index in [0.717, 1.165) is 35.5 Å². The molecule has 4 rings (SSSR count). The Bertz CT molecular complexity index is 993. The second-order valence-corrected chi connectivity index (χ2v) is 8.06. The monoisotopic (exact) mass is 436 g/mol. The molecule has 0 aliphatic carbocycles. The van der Waals surface area contributed by atoms with E-state index >= 15 is 0 Å². The average molecular weight is 437 g/mol. The molecular formula is C23H24N4O3S. The van der Waals surface area contributed by atoms with Gasteiger partial charge in [0.25, 0.3) is 0 Å². The summed E-state index contributed by atoms with van der Waals surface area (Å²) in [6, 6.07) is 17.0. The molecule has 1 aliphatic rings. The number of para-hydroxylation sites is 1. The molecule has 2 aromatic carbocycles. The first-order valence-electron chi connectivity index (χ1n) is 10.3. The number of ether oxygens (including phenoxy) is 1. The van der Waals surface area contributed by atoms with Gasteiger partial charge in [0.2, 0.25) is 11.8 Å². The minimum absolute atomic E-state index is 0.0228. The predicted octanol–water partition coefficient (Wildman–Crippen LogP) is 3.85. The molecule has 31 heavy (non-hydrogen) atoms. The van der Waals surface area contributed by atoms with Crippen molar-refractivity contribution in [1.82, 2.24) is 14.5 Å². The maximum atomic E-state index is 12.8. The van der Waals surface area contributed by atoms with Crippen molar-refractivity contribution in [3.8, 4) is 17.0 Å². The number of hydrogen-bond donors (Lipinski definition) is 1. The largest absolute Gasteiger partial charge is 0.493 e. The molecule has 0 saturated carbocycles. The van der Waals surface area contributed by atoms with Crippen molar-refractivity contribution >= 4 is 29.0 Å². The number of nitrogens with zero attached hydrogens (tertiary/aromatic N) is 3. The lowest BCUT2D eigenvalue weighted by molar-refractivity contribution is -0.135. The number of benzene rings is 2. The van der Waals surface area contributed by atoms with E-state index in [4.69, 9.17) is 4.74 Å². The maximum Gasteiger partial charge on any atom is 0.229 e. The Kier molecular flexibility index (Phi) is 6.89. The Labute approximate surface area is 185 Å². The summed E-state index contributed by atoms with van der Waals surface area (Å²) in [5.41, 5.74) is 2.51. The van der Waals surface area contributed by atoms with Gasteiger partial charge in [0.15, 0.2) is 0 Å². The number of anilines is 1. The fourth-order valence-electron chi connectivity index (χ4n) is 3.61. The summed E-state index contributed by atoms with van der Waals surface area (Å²) in [6.07, 6.45) is 1.90. The van der Waals surface area contributed by atoms with Crippen LogP contribution < -0.4 is 10.1 Å². The number of hydrogen-bond acceptors (Lipinski definition) is 6. The van der Waals surface area contributed by atoms with Gasteiger partial charge in [-0.05, 0) is 48.6 Å². The van der Waals surface area contributed by atoms with Crippen LogP contribution in [0.3, 0.4) is 0 Å². The van der Waals surface area contributed by atoms with E-state index in [9.17, 15) is 9.59 Å². The SMILES string of the molecule is O=C(Nc1ccc(-c2csnn2)cc1)C1CCCN(C(=O)CCOc2ccccc2)C1. The van der Waals surface area contributed by atoms with Crippen LogP contribution in [0.1, 0.15) is 19.3 Å². The van der Waals surface area contributed by atoms with Crippen LogP contribution in [0.2, 0.25) is 0 Å². The molecule has 1 aliphatic heterocycles. The summed E-state index contributed by atoms with van der Waals surface area (Å²) in [6.45, 7) is 1.46. The number of rotatable bonds is 7. The Hall–Kier alpha value is -3.26. The minimum atomic E-state index is -0.213. The summed E-state index contributed by atoms with van der Waals surface area (Å²) in [5.74, 6) is 0.509. The Morgan fingerprint density at radius 3 is 2.68 bits per heavy atom. The van der Waals surface area contributed by atoms with E-state index in [1.165, 1.54) is 11.5 Å². The molecule has 8 heteroatoms. The third-order valence-electron chi connectivity index (χ3n) is 5.28. The molecule has 1 fully saturated rings. The summed E-state index contributed by atoms with van der Waals surface area (Å²) >= 11 is 1.30. The van der Waals surface area contributed by atoms with Gasteiger partial charge < -0.3 is 15.0 Å². The zero-order valence-corrected chi connectivity index (χ0v) is 17.9. The van der Waals surface area contributed by atoms with Crippen LogP contribution in [0.25, 0.3) is 11.3 Å². The van der Waals surface area contributed by atoms with E-state index < -0.39 is 0 Å². The number of carbonyl (C=O) groups excluding carboxylic acids is 2. The molecule has 1 N–H and O–H groups in total. The van der Waals surface area contributed by atoms with Gasteiger partial charge in [0.1, 0.15) is 11.4 Å². The summed E-state index contributed by atoms with van der Waals surface area (Å²) in [7, 11) is 0. The van der Waals surface area contributed by atoms with E-state index in [2.05, 4.69) is 14.9 Å². The van der Waals surface area contributed by atoms with Crippen molar-refractivity contribution in [3.63, 3.8) is 0 Å². The van der Waals surface area contributed by atoms with Gasteiger partial charge in [0.05, 0.1) is 18.9 Å². The van der Waals surface area contributed by atoms with Gasteiger partial charge in [-0.1, -0.05) is 34.8 Å². The first-order chi connectivity index (χ1) is 15.2. The third-order valence-corrected chi connectivity index (χ3v) is 5.79. The highest BCUT2D eigenvalue weighted by molar-refractivity contribution is 7.03. The number of likely N-dealkylation sites (tertiary alicyclic amines) is 1. The van der Waals surface area contributed by atoms with Gasteiger partial charge in [-0.25, -0.2) is 0 Å². The van der Waals surface area contributed by atoms with Crippen LogP contribution in [0.15, 0.2) is 60.0 Å². The van der Waals surface area contributed by atoms with Gasteiger partial charge in [-0.15, -0.1) is 5.10 Å². The Morgan fingerprint density at radius 2 is 1.94 bits per heavy atom. The lowest BCUT2D eigenvalue weighted by atomic mass is 9.96. The van der Waals surface area contributed by atoms with Crippen molar-refractivity contribution < 1.29 is 14.3 Å². The quantitative estimate of drug-likeness (QED) is 0.608. The van der Waals surface area contributed by atoms with Gasteiger partial charge in [-0.3, -0.25) is 9.59 Å². The molecule has 2 heterocycles. The number of nitrogens with one attached hydrogen (secondary N) is 1. The number of piperidine rings is 1. The molecule has 1 unspecified atom stereocenters. The van der Waals surface area contributed by atoms with Crippen molar-refractivity contribution in [3.05, 3.63) is 60.0 Å². The number of amides is 2.